The summed E-state index contributed by atoms with van der Waals surface area (Å²) >= 11 is 3.45. The average molecular weight is 270 g/mol. The minimum Gasteiger partial charge on any atom is -0.491 e. The standard InChI is InChI=1S/C12H16BrNO/c13-10-6-1-2-7-12(10)15-8-11(14)9-4-3-5-9/h1-2,6-7,9,11H,3-5,8,14H2. The van der Waals surface area contributed by atoms with Crippen LogP contribution in [-0.4, -0.2) is 12.6 Å². The topological polar surface area (TPSA) is 35.2 Å². The second-order valence-electron chi connectivity index (χ2n) is 4.10. The Morgan fingerprint density at radius 1 is 1.40 bits per heavy atom. The van der Waals surface area contributed by atoms with Crippen LogP contribution in [0.25, 0.3) is 0 Å². The molecule has 1 fully saturated rings. The highest BCUT2D eigenvalue weighted by Crippen LogP contribution is 2.29. The molecule has 15 heavy (non-hydrogen) atoms. The van der Waals surface area contributed by atoms with Gasteiger partial charge in [-0.15, -0.1) is 0 Å². The fourth-order valence-electron chi connectivity index (χ4n) is 1.75. The third kappa shape index (κ3) is 2.73. The predicted molar refractivity (Wildman–Crippen MR) is 65.0 cm³/mol. The molecule has 82 valence electrons. The van der Waals surface area contributed by atoms with E-state index in [0.717, 1.165) is 10.2 Å². The third-order valence-electron chi connectivity index (χ3n) is 3.02. The molecule has 0 saturated heterocycles. The summed E-state index contributed by atoms with van der Waals surface area (Å²) in [4.78, 5) is 0. The van der Waals surface area contributed by atoms with E-state index in [1.807, 2.05) is 24.3 Å². The van der Waals surface area contributed by atoms with Gasteiger partial charge < -0.3 is 10.5 Å². The largest absolute Gasteiger partial charge is 0.491 e. The van der Waals surface area contributed by atoms with Gasteiger partial charge in [-0.2, -0.15) is 0 Å². The molecule has 1 aliphatic rings. The maximum atomic E-state index is 6.04. The number of halogens is 1. The smallest absolute Gasteiger partial charge is 0.133 e. The van der Waals surface area contributed by atoms with E-state index in [1.165, 1.54) is 19.3 Å². The van der Waals surface area contributed by atoms with E-state index < -0.39 is 0 Å². The normalized spacial score (nSPS) is 18.3. The molecule has 2 rings (SSSR count). The van der Waals surface area contributed by atoms with Crippen LogP contribution in [0.1, 0.15) is 19.3 Å². The lowest BCUT2D eigenvalue weighted by Crippen LogP contribution is -2.39. The number of benzene rings is 1. The van der Waals surface area contributed by atoms with Crippen LogP contribution < -0.4 is 10.5 Å². The molecular formula is C12H16BrNO. The fraction of sp³-hybridized carbons (Fsp3) is 0.500. The van der Waals surface area contributed by atoms with E-state index in [-0.39, 0.29) is 6.04 Å². The van der Waals surface area contributed by atoms with E-state index in [2.05, 4.69) is 15.9 Å². The molecule has 0 spiro atoms. The van der Waals surface area contributed by atoms with Gasteiger partial charge in [0.15, 0.2) is 0 Å². The zero-order valence-corrected chi connectivity index (χ0v) is 10.2. The van der Waals surface area contributed by atoms with Crippen molar-refractivity contribution in [3.8, 4) is 5.75 Å². The summed E-state index contributed by atoms with van der Waals surface area (Å²) in [6, 6.07) is 8.06. The lowest BCUT2D eigenvalue weighted by molar-refractivity contribution is 0.188. The monoisotopic (exact) mass is 269 g/mol. The van der Waals surface area contributed by atoms with Crippen molar-refractivity contribution in [1.82, 2.24) is 0 Å². The highest BCUT2D eigenvalue weighted by atomic mass is 79.9. The summed E-state index contributed by atoms with van der Waals surface area (Å²) in [6.45, 7) is 0.618. The number of rotatable bonds is 4. The predicted octanol–water partition coefficient (Wildman–Crippen LogP) is 2.96. The molecule has 1 unspecified atom stereocenters. The van der Waals surface area contributed by atoms with Gasteiger partial charge in [0.2, 0.25) is 0 Å². The maximum absolute atomic E-state index is 6.04. The van der Waals surface area contributed by atoms with Crippen LogP contribution in [0.5, 0.6) is 5.75 Å². The minimum atomic E-state index is 0.186. The van der Waals surface area contributed by atoms with E-state index in [4.69, 9.17) is 10.5 Å². The highest BCUT2D eigenvalue weighted by molar-refractivity contribution is 9.10. The summed E-state index contributed by atoms with van der Waals surface area (Å²) in [6.07, 6.45) is 3.86. The Bertz CT molecular complexity index is 325. The van der Waals surface area contributed by atoms with Gasteiger partial charge in [-0.3, -0.25) is 0 Å². The summed E-state index contributed by atoms with van der Waals surface area (Å²) in [5, 5.41) is 0. The van der Waals surface area contributed by atoms with Gasteiger partial charge >= 0.3 is 0 Å². The second-order valence-corrected chi connectivity index (χ2v) is 4.95. The molecule has 0 bridgehead atoms. The molecule has 1 aliphatic carbocycles. The van der Waals surface area contributed by atoms with Crippen LogP contribution in [0.4, 0.5) is 0 Å². The Morgan fingerprint density at radius 2 is 2.13 bits per heavy atom. The third-order valence-corrected chi connectivity index (χ3v) is 3.68. The van der Waals surface area contributed by atoms with Crippen LogP contribution in [0.15, 0.2) is 28.7 Å². The molecule has 3 heteroatoms. The van der Waals surface area contributed by atoms with Gasteiger partial charge in [0.1, 0.15) is 12.4 Å². The van der Waals surface area contributed by atoms with Crippen molar-refractivity contribution in [3.63, 3.8) is 0 Å². The summed E-state index contributed by atoms with van der Waals surface area (Å²) in [5.74, 6) is 1.56. The number of hydrogen-bond donors (Lipinski definition) is 1. The molecular weight excluding hydrogens is 254 g/mol. The highest BCUT2D eigenvalue weighted by Gasteiger charge is 2.24. The van der Waals surface area contributed by atoms with Crippen molar-refractivity contribution >= 4 is 15.9 Å². The van der Waals surface area contributed by atoms with Crippen molar-refractivity contribution < 1.29 is 4.74 Å². The molecule has 1 saturated carbocycles. The number of para-hydroxylation sites is 1. The summed E-state index contributed by atoms with van der Waals surface area (Å²) in [7, 11) is 0. The molecule has 1 atom stereocenters. The molecule has 0 aliphatic heterocycles. The van der Waals surface area contributed by atoms with Gasteiger partial charge in [-0.05, 0) is 46.8 Å². The molecule has 2 N–H and O–H groups in total. The van der Waals surface area contributed by atoms with Crippen LogP contribution >= 0.6 is 15.9 Å². The van der Waals surface area contributed by atoms with Gasteiger partial charge in [-0.1, -0.05) is 18.6 Å². The lowest BCUT2D eigenvalue weighted by atomic mass is 9.80. The Labute approximate surface area is 98.9 Å². The first-order valence-electron chi connectivity index (χ1n) is 5.40. The first-order chi connectivity index (χ1) is 7.27. The van der Waals surface area contributed by atoms with Crippen molar-refractivity contribution in [3.05, 3.63) is 28.7 Å². The Balaban J connectivity index is 1.84. The van der Waals surface area contributed by atoms with E-state index >= 15 is 0 Å². The minimum absolute atomic E-state index is 0.186. The van der Waals surface area contributed by atoms with Gasteiger partial charge in [0.05, 0.1) is 4.47 Å². The molecule has 1 aromatic rings. The quantitative estimate of drug-likeness (QED) is 0.912. The molecule has 1 aromatic carbocycles. The van der Waals surface area contributed by atoms with Crippen molar-refractivity contribution in [2.45, 2.75) is 25.3 Å². The average Bonchev–Trinajstić information content (AvgIpc) is 2.14. The molecule has 0 aromatic heterocycles. The van der Waals surface area contributed by atoms with Crippen LogP contribution in [0.3, 0.4) is 0 Å². The van der Waals surface area contributed by atoms with Crippen LogP contribution in [0, 0.1) is 5.92 Å². The van der Waals surface area contributed by atoms with Gasteiger partial charge in [-0.25, -0.2) is 0 Å². The van der Waals surface area contributed by atoms with Crippen LogP contribution in [0.2, 0.25) is 0 Å². The second kappa shape index (κ2) is 4.99. The zero-order chi connectivity index (χ0) is 10.7. The Hall–Kier alpha value is -0.540. The summed E-state index contributed by atoms with van der Waals surface area (Å²) < 4.78 is 6.68. The van der Waals surface area contributed by atoms with Crippen molar-refractivity contribution in [2.75, 3.05) is 6.61 Å². The van der Waals surface area contributed by atoms with Gasteiger partial charge in [0, 0.05) is 6.04 Å². The first-order valence-corrected chi connectivity index (χ1v) is 6.19. The molecule has 0 amide bonds. The van der Waals surface area contributed by atoms with E-state index in [1.54, 1.807) is 0 Å². The summed E-state index contributed by atoms with van der Waals surface area (Å²) in [5.41, 5.74) is 6.04. The molecule has 2 nitrogen and oxygen atoms in total. The van der Waals surface area contributed by atoms with Gasteiger partial charge in [0.25, 0.3) is 0 Å². The molecule has 0 radical (unpaired) electrons. The van der Waals surface area contributed by atoms with E-state index in [9.17, 15) is 0 Å². The van der Waals surface area contributed by atoms with Crippen LogP contribution in [-0.2, 0) is 0 Å². The van der Waals surface area contributed by atoms with E-state index in [0.29, 0.717) is 12.5 Å². The number of hydrogen-bond acceptors (Lipinski definition) is 2. The zero-order valence-electron chi connectivity index (χ0n) is 8.66. The fourth-order valence-corrected chi connectivity index (χ4v) is 2.15. The Kier molecular flexibility index (Phi) is 3.65. The first kappa shape index (κ1) is 11.0. The Morgan fingerprint density at radius 3 is 2.73 bits per heavy atom. The lowest BCUT2D eigenvalue weighted by Gasteiger charge is -2.31. The molecule has 0 heterocycles. The number of nitrogens with two attached hydrogens (primary N) is 1. The number of ether oxygens (including phenoxy) is 1. The van der Waals surface area contributed by atoms with Crippen molar-refractivity contribution in [2.24, 2.45) is 11.7 Å². The van der Waals surface area contributed by atoms with Crippen molar-refractivity contribution in [1.29, 1.82) is 0 Å². The maximum Gasteiger partial charge on any atom is 0.133 e. The SMILES string of the molecule is NC(COc1ccccc1Br)C1CCC1.